The first-order valence-corrected chi connectivity index (χ1v) is 8.46. The van der Waals surface area contributed by atoms with Gasteiger partial charge in [-0.1, -0.05) is 18.2 Å². The third kappa shape index (κ3) is 4.07. The lowest BCUT2D eigenvalue weighted by Gasteiger charge is -2.10. The summed E-state index contributed by atoms with van der Waals surface area (Å²) in [6.07, 6.45) is 0.386. The van der Waals surface area contributed by atoms with Crippen LogP contribution in [-0.2, 0) is 17.8 Å². The van der Waals surface area contributed by atoms with Gasteiger partial charge in [-0.2, -0.15) is 0 Å². The Kier molecular flexibility index (Phi) is 5.63. The molecule has 1 heterocycles. The maximum absolute atomic E-state index is 11.5. The van der Waals surface area contributed by atoms with E-state index in [2.05, 4.69) is 48.6 Å². The highest BCUT2D eigenvalue weighted by Crippen LogP contribution is 2.32. The molecule has 2 rings (SSSR count). The highest BCUT2D eigenvalue weighted by molar-refractivity contribution is 9.13. The number of hydrogen-bond donors (Lipinski definition) is 2. The van der Waals surface area contributed by atoms with E-state index in [0.717, 1.165) is 26.1 Å². The van der Waals surface area contributed by atoms with Gasteiger partial charge in [0.1, 0.15) is 0 Å². The first kappa shape index (κ1) is 15.5. The number of thiophene rings is 1. The SMILES string of the molecule is CNC(=O)Cc1ccccc1NCc1cc(Br)c(Br)s1. The van der Waals surface area contributed by atoms with Gasteiger partial charge >= 0.3 is 0 Å². The second-order valence-electron chi connectivity index (χ2n) is 4.20. The van der Waals surface area contributed by atoms with Crippen molar-refractivity contribution in [2.24, 2.45) is 0 Å². The lowest BCUT2D eigenvalue weighted by atomic mass is 10.1. The van der Waals surface area contributed by atoms with Gasteiger partial charge in [0, 0.05) is 28.6 Å². The van der Waals surface area contributed by atoms with E-state index in [1.54, 1.807) is 18.4 Å². The van der Waals surface area contributed by atoms with Gasteiger partial charge in [-0.3, -0.25) is 4.79 Å². The number of amides is 1. The van der Waals surface area contributed by atoms with E-state index in [0.29, 0.717) is 6.42 Å². The van der Waals surface area contributed by atoms with Gasteiger partial charge in [-0.15, -0.1) is 11.3 Å². The lowest BCUT2D eigenvalue weighted by molar-refractivity contribution is -0.119. The topological polar surface area (TPSA) is 41.1 Å². The molecule has 0 saturated heterocycles. The largest absolute Gasteiger partial charge is 0.380 e. The zero-order valence-corrected chi connectivity index (χ0v) is 14.9. The number of anilines is 1. The van der Waals surface area contributed by atoms with Crippen molar-refractivity contribution in [1.29, 1.82) is 0 Å². The Bertz CT molecular complexity index is 593. The van der Waals surface area contributed by atoms with Gasteiger partial charge in [0.2, 0.25) is 5.91 Å². The zero-order valence-electron chi connectivity index (χ0n) is 10.9. The number of carbonyl (C=O) groups excluding carboxylic acids is 1. The molecule has 0 saturated carbocycles. The van der Waals surface area contributed by atoms with Crippen molar-refractivity contribution >= 4 is 54.8 Å². The molecule has 2 aromatic rings. The highest BCUT2D eigenvalue weighted by atomic mass is 79.9. The molecule has 6 heteroatoms. The Labute approximate surface area is 139 Å². The second-order valence-corrected chi connectivity index (χ2v) is 7.50. The summed E-state index contributed by atoms with van der Waals surface area (Å²) in [6.45, 7) is 0.736. The summed E-state index contributed by atoms with van der Waals surface area (Å²) in [5.41, 5.74) is 2.00. The van der Waals surface area contributed by atoms with Crippen LogP contribution in [0.4, 0.5) is 5.69 Å². The number of nitrogens with one attached hydrogen (secondary N) is 2. The van der Waals surface area contributed by atoms with Crippen LogP contribution in [0.3, 0.4) is 0 Å². The molecule has 3 nitrogen and oxygen atoms in total. The van der Waals surface area contributed by atoms with Gasteiger partial charge in [-0.05, 0) is 49.6 Å². The molecule has 0 fully saturated rings. The van der Waals surface area contributed by atoms with Crippen molar-refractivity contribution in [3.63, 3.8) is 0 Å². The number of para-hydroxylation sites is 1. The van der Waals surface area contributed by atoms with E-state index in [9.17, 15) is 4.79 Å². The average molecular weight is 418 g/mol. The Morgan fingerprint density at radius 3 is 2.70 bits per heavy atom. The molecule has 1 aromatic heterocycles. The van der Waals surface area contributed by atoms with Crippen LogP contribution < -0.4 is 10.6 Å². The van der Waals surface area contributed by atoms with Crippen molar-refractivity contribution < 1.29 is 4.79 Å². The summed E-state index contributed by atoms with van der Waals surface area (Å²) < 4.78 is 2.16. The molecular weight excluding hydrogens is 404 g/mol. The van der Waals surface area contributed by atoms with Crippen molar-refractivity contribution in [3.05, 3.63) is 49.0 Å². The monoisotopic (exact) mass is 416 g/mol. The molecular formula is C14H14Br2N2OS. The second kappa shape index (κ2) is 7.24. The summed E-state index contributed by atoms with van der Waals surface area (Å²) in [6, 6.07) is 9.97. The predicted octanol–water partition coefficient (Wildman–Crippen LogP) is 4.17. The smallest absolute Gasteiger partial charge is 0.224 e. The van der Waals surface area contributed by atoms with E-state index in [4.69, 9.17) is 0 Å². The number of halogens is 2. The number of hydrogen-bond acceptors (Lipinski definition) is 3. The molecule has 0 aliphatic rings. The van der Waals surface area contributed by atoms with Crippen LogP contribution in [0.25, 0.3) is 0 Å². The molecule has 2 N–H and O–H groups in total. The van der Waals surface area contributed by atoms with Crippen LogP contribution >= 0.6 is 43.2 Å². The van der Waals surface area contributed by atoms with Crippen molar-refractivity contribution in [1.82, 2.24) is 5.32 Å². The summed E-state index contributed by atoms with van der Waals surface area (Å²) in [5, 5.41) is 6.04. The van der Waals surface area contributed by atoms with Gasteiger partial charge < -0.3 is 10.6 Å². The zero-order chi connectivity index (χ0) is 14.5. The molecule has 0 spiro atoms. The van der Waals surface area contributed by atoms with Gasteiger partial charge in [-0.25, -0.2) is 0 Å². The highest BCUT2D eigenvalue weighted by Gasteiger charge is 2.08. The van der Waals surface area contributed by atoms with Gasteiger partial charge in [0.15, 0.2) is 0 Å². The van der Waals surface area contributed by atoms with Crippen LogP contribution in [-0.4, -0.2) is 13.0 Å². The fourth-order valence-corrected chi connectivity index (χ4v) is 3.89. The molecule has 0 aliphatic heterocycles. The van der Waals surface area contributed by atoms with Crippen LogP contribution in [0, 0.1) is 0 Å². The Hall–Kier alpha value is -0.850. The standard InChI is InChI=1S/C14H14Br2N2OS/c1-17-13(19)6-9-4-2-3-5-12(9)18-8-10-7-11(15)14(16)20-10/h2-5,7,18H,6,8H2,1H3,(H,17,19). The molecule has 1 aromatic carbocycles. The first-order chi connectivity index (χ1) is 9.60. The Morgan fingerprint density at radius 1 is 1.30 bits per heavy atom. The van der Waals surface area contributed by atoms with Crippen LogP contribution in [0.1, 0.15) is 10.4 Å². The maximum atomic E-state index is 11.5. The maximum Gasteiger partial charge on any atom is 0.224 e. The minimum Gasteiger partial charge on any atom is -0.380 e. The predicted molar refractivity (Wildman–Crippen MR) is 91.3 cm³/mol. The summed E-state index contributed by atoms with van der Waals surface area (Å²) >= 11 is 8.66. The van der Waals surface area contributed by atoms with Crippen LogP contribution in [0.15, 0.2) is 38.6 Å². The Morgan fingerprint density at radius 2 is 2.05 bits per heavy atom. The molecule has 1 amide bonds. The van der Waals surface area contributed by atoms with Gasteiger partial charge in [0.25, 0.3) is 0 Å². The first-order valence-electron chi connectivity index (χ1n) is 6.06. The molecule has 0 aliphatic carbocycles. The molecule has 106 valence electrons. The quantitative estimate of drug-likeness (QED) is 0.766. The van der Waals surface area contributed by atoms with E-state index in [-0.39, 0.29) is 5.91 Å². The van der Waals surface area contributed by atoms with E-state index >= 15 is 0 Å². The fourth-order valence-electron chi connectivity index (χ4n) is 1.77. The summed E-state index contributed by atoms with van der Waals surface area (Å²) in [7, 11) is 1.65. The van der Waals surface area contributed by atoms with Crippen molar-refractivity contribution in [2.75, 3.05) is 12.4 Å². The Balaban J connectivity index is 2.07. The molecule has 0 atom stereocenters. The fraction of sp³-hybridized carbons (Fsp3) is 0.214. The molecule has 0 bridgehead atoms. The minimum atomic E-state index is 0.0147. The third-order valence-corrected chi connectivity index (χ3v) is 6.05. The third-order valence-electron chi connectivity index (χ3n) is 2.80. The van der Waals surface area contributed by atoms with Crippen molar-refractivity contribution in [3.8, 4) is 0 Å². The average Bonchev–Trinajstić information content (AvgIpc) is 2.76. The van der Waals surface area contributed by atoms with Crippen LogP contribution in [0.5, 0.6) is 0 Å². The van der Waals surface area contributed by atoms with Gasteiger partial charge in [0.05, 0.1) is 10.2 Å². The molecule has 0 radical (unpaired) electrons. The van der Waals surface area contributed by atoms with E-state index in [1.807, 2.05) is 24.3 Å². The summed E-state index contributed by atoms with van der Waals surface area (Å²) in [4.78, 5) is 12.7. The lowest BCUT2D eigenvalue weighted by Crippen LogP contribution is -2.20. The minimum absolute atomic E-state index is 0.0147. The summed E-state index contributed by atoms with van der Waals surface area (Å²) in [5.74, 6) is 0.0147. The van der Waals surface area contributed by atoms with Crippen molar-refractivity contribution in [2.45, 2.75) is 13.0 Å². The number of carbonyl (C=O) groups is 1. The number of benzene rings is 1. The number of rotatable bonds is 5. The molecule has 20 heavy (non-hydrogen) atoms. The number of likely N-dealkylation sites (N-methyl/N-ethyl adjacent to an activating group) is 1. The normalized spacial score (nSPS) is 10.3. The van der Waals surface area contributed by atoms with Crippen LogP contribution in [0.2, 0.25) is 0 Å². The molecule has 0 unspecified atom stereocenters. The van der Waals surface area contributed by atoms with E-state index in [1.165, 1.54) is 4.88 Å². The van der Waals surface area contributed by atoms with E-state index < -0.39 is 0 Å².